The van der Waals surface area contributed by atoms with E-state index >= 15 is 0 Å². The molecule has 0 spiro atoms. The summed E-state index contributed by atoms with van der Waals surface area (Å²) in [4.78, 5) is 57.8. The van der Waals surface area contributed by atoms with Crippen molar-refractivity contribution in [3.8, 4) is 11.4 Å². The van der Waals surface area contributed by atoms with E-state index in [4.69, 9.17) is 0 Å². The van der Waals surface area contributed by atoms with Gasteiger partial charge in [0.25, 0.3) is 11.8 Å². The monoisotopic (exact) mass is 478 g/mol. The first-order chi connectivity index (χ1) is 15.4. The van der Waals surface area contributed by atoms with E-state index in [1.807, 2.05) is 0 Å². The topological polar surface area (TPSA) is 137 Å². The number of thiol groups is 2. The van der Waals surface area contributed by atoms with Gasteiger partial charge in [-0.15, -0.1) is 0 Å². The molecule has 12 heteroatoms. The Morgan fingerprint density at radius 1 is 0.812 bits per heavy atom. The van der Waals surface area contributed by atoms with Crippen molar-refractivity contribution in [2.24, 2.45) is 0 Å². The number of pyridine rings is 2. The first-order valence-electron chi connectivity index (χ1n) is 9.27. The summed E-state index contributed by atoms with van der Waals surface area (Å²) in [7, 11) is 2.40. The number of hydrogen-bond donors (Lipinski definition) is 4. The summed E-state index contributed by atoms with van der Waals surface area (Å²) in [6.07, 6.45) is 2.87. The maximum atomic E-state index is 12.9. The zero-order chi connectivity index (χ0) is 23.7. The Morgan fingerprint density at radius 2 is 1.19 bits per heavy atom. The van der Waals surface area contributed by atoms with Crippen LogP contribution in [-0.2, 0) is 19.1 Å². The highest BCUT2D eigenvalue weighted by Gasteiger charge is 2.26. The Hall–Kier alpha value is -3.12. The number of nitrogens with one attached hydrogen (secondary N) is 2. The van der Waals surface area contributed by atoms with Crippen LogP contribution in [-0.4, -0.2) is 71.5 Å². The van der Waals surface area contributed by atoms with E-state index in [-0.39, 0.29) is 34.0 Å². The number of carbonyl (C=O) groups is 4. The largest absolute Gasteiger partial charge is 0.467 e. The molecular weight excluding hydrogens is 456 g/mol. The van der Waals surface area contributed by atoms with Crippen LogP contribution in [0.4, 0.5) is 0 Å². The number of rotatable bonds is 9. The summed E-state index contributed by atoms with van der Waals surface area (Å²) in [6.45, 7) is 0. The predicted molar refractivity (Wildman–Crippen MR) is 122 cm³/mol. The van der Waals surface area contributed by atoms with Gasteiger partial charge in [-0.25, -0.2) is 9.59 Å². The number of aromatic nitrogens is 2. The number of ether oxygens (including phenoxy) is 2. The van der Waals surface area contributed by atoms with Crippen molar-refractivity contribution in [1.29, 1.82) is 0 Å². The second kappa shape index (κ2) is 12.1. The lowest BCUT2D eigenvalue weighted by molar-refractivity contribution is -0.143. The minimum absolute atomic E-state index is 0.0178. The van der Waals surface area contributed by atoms with Gasteiger partial charge >= 0.3 is 11.9 Å². The molecule has 2 heterocycles. The van der Waals surface area contributed by atoms with Gasteiger partial charge in [0.15, 0.2) is 0 Å². The van der Waals surface area contributed by atoms with Gasteiger partial charge in [-0.05, 0) is 24.3 Å². The van der Waals surface area contributed by atoms with Crippen molar-refractivity contribution in [1.82, 2.24) is 20.6 Å². The van der Waals surface area contributed by atoms with Gasteiger partial charge in [-0.1, -0.05) is 0 Å². The van der Waals surface area contributed by atoms with E-state index < -0.39 is 35.8 Å². The van der Waals surface area contributed by atoms with Gasteiger partial charge < -0.3 is 20.1 Å². The summed E-state index contributed by atoms with van der Waals surface area (Å²) in [5, 5.41) is 5.05. The normalized spacial score (nSPS) is 12.2. The number of esters is 2. The molecule has 2 atom stereocenters. The number of carbonyl (C=O) groups excluding carboxylic acids is 4. The van der Waals surface area contributed by atoms with Crippen molar-refractivity contribution in [2.75, 3.05) is 25.7 Å². The van der Waals surface area contributed by atoms with E-state index in [9.17, 15) is 19.2 Å². The van der Waals surface area contributed by atoms with E-state index in [1.165, 1.54) is 50.9 Å². The molecule has 0 aromatic carbocycles. The second-order valence-electron chi connectivity index (χ2n) is 6.26. The zero-order valence-electron chi connectivity index (χ0n) is 17.3. The summed E-state index contributed by atoms with van der Waals surface area (Å²) < 4.78 is 9.31. The standard InChI is InChI=1S/C20H22N4O6S2/c1-29-19(27)13(9-31)23-17(25)11-5-3-7-21-15(11)16-12(6-4-8-22-16)18(26)24-14(10-32)20(28)30-2/h3-8,13-14,31-32H,9-10H2,1-2H3,(H,23,25)(H,24,26). The van der Waals surface area contributed by atoms with E-state index in [0.717, 1.165) is 0 Å². The first kappa shape index (κ1) is 25.1. The summed E-state index contributed by atoms with van der Waals surface area (Å²) >= 11 is 8.12. The molecule has 0 aliphatic rings. The third kappa shape index (κ3) is 5.98. The molecular formula is C20H22N4O6S2. The maximum absolute atomic E-state index is 12.9. The molecule has 2 unspecified atom stereocenters. The van der Waals surface area contributed by atoms with Gasteiger partial charge in [-0.3, -0.25) is 19.6 Å². The Bertz CT molecular complexity index is 924. The van der Waals surface area contributed by atoms with Crippen LogP contribution in [0.15, 0.2) is 36.7 Å². The average Bonchev–Trinajstić information content (AvgIpc) is 2.84. The fourth-order valence-corrected chi connectivity index (χ4v) is 3.15. The van der Waals surface area contributed by atoms with E-state index in [1.54, 1.807) is 0 Å². The second-order valence-corrected chi connectivity index (χ2v) is 6.99. The highest BCUT2D eigenvalue weighted by Crippen LogP contribution is 2.23. The van der Waals surface area contributed by atoms with Gasteiger partial charge in [0.2, 0.25) is 0 Å². The molecule has 2 aromatic heterocycles. The van der Waals surface area contributed by atoms with Crippen LogP contribution in [0.5, 0.6) is 0 Å². The molecule has 0 aliphatic heterocycles. The van der Waals surface area contributed by atoms with Crippen molar-refractivity contribution < 1.29 is 28.7 Å². The van der Waals surface area contributed by atoms with Crippen LogP contribution in [0.1, 0.15) is 20.7 Å². The number of amides is 2. The van der Waals surface area contributed by atoms with Gasteiger partial charge in [0.1, 0.15) is 23.5 Å². The van der Waals surface area contributed by atoms with Gasteiger partial charge in [-0.2, -0.15) is 25.3 Å². The number of hydrogen-bond acceptors (Lipinski definition) is 10. The Balaban J connectivity index is 2.42. The molecule has 10 nitrogen and oxygen atoms in total. The molecule has 2 rings (SSSR count). The smallest absolute Gasteiger partial charge is 0.329 e. The molecule has 0 bridgehead atoms. The Labute approximate surface area is 195 Å². The minimum atomic E-state index is -0.980. The van der Waals surface area contributed by atoms with E-state index in [0.29, 0.717) is 0 Å². The molecule has 32 heavy (non-hydrogen) atoms. The fourth-order valence-electron chi connectivity index (χ4n) is 2.67. The molecule has 2 N–H and O–H groups in total. The van der Waals surface area contributed by atoms with Crippen LogP contribution in [0.3, 0.4) is 0 Å². The molecule has 2 aromatic rings. The molecule has 0 radical (unpaired) electrons. The zero-order valence-corrected chi connectivity index (χ0v) is 19.1. The Morgan fingerprint density at radius 3 is 1.50 bits per heavy atom. The third-order valence-electron chi connectivity index (χ3n) is 4.28. The van der Waals surface area contributed by atoms with Crippen molar-refractivity contribution in [3.05, 3.63) is 47.8 Å². The highest BCUT2D eigenvalue weighted by atomic mass is 32.1. The molecule has 0 saturated carbocycles. The SMILES string of the molecule is COC(=O)C(CS)NC(=O)c1cccnc1-c1ncccc1C(=O)NC(CS)C(=O)OC. The van der Waals surface area contributed by atoms with E-state index in [2.05, 4.69) is 55.3 Å². The summed E-state index contributed by atoms with van der Waals surface area (Å²) in [6, 6.07) is 4.06. The molecule has 170 valence electrons. The quantitative estimate of drug-likeness (QED) is 0.303. The van der Waals surface area contributed by atoms with Crippen molar-refractivity contribution in [3.63, 3.8) is 0 Å². The maximum Gasteiger partial charge on any atom is 0.329 e. The number of nitrogens with zero attached hydrogens (tertiary/aromatic N) is 2. The van der Waals surface area contributed by atoms with Gasteiger partial charge in [0.05, 0.1) is 25.3 Å². The number of methoxy groups -OCH3 is 2. The van der Waals surface area contributed by atoms with Crippen LogP contribution < -0.4 is 10.6 Å². The molecule has 0 saturated heterocycles. The lowest BCUT2D eigenvalue weighted by Gasteiger charge is -2.17. The molecule has 0 fully saturated rings. The lowest BCUT2D eigenvalue weighted by Crippen LogP contribution is -2.43. The summed E-state index contributed by atoms with van der Waals surface area (Å²) in [5.74, 6) is -2.53. The highest BCUT2D eigenvalue weighted by molar-refractivity contribution is 7.80. The fraction of sp³-hybridized carbons (Fsp3) is 0.300. The Kier molecular flexibility index (Phi) is 9.47. The third-order valence-corrected chi connectivity index (χ3v) is 5.01. The van der Waals surface area contributed by atoms with Crippen LogP contribution in [0.2, 0.25) is 0 Å². The van der Waals surface area contributed by atoms with Crippen LogP contribution in [0.25, 0.3) is 11.4 Å². The van der Waals surface area contributed by atoms with Gasteiger partial charge in [0, 0.05) is 23.9 Å². The molecule has 2 amide bonds. The van der Waals surface area contributed by atoms with Crippen molar-refractivity contribution in [2.45, 2.75) is 12.1 Å². The lowest BCUT2D eigenvalue weighted by atomic mass is 10.0. The van der Waals surface area contributed by atoms with Crippen LogP contribution in [0, 0.1) is 0 Å². The minimum Gasteiger partial charge on any atom is -0.467 e. The predicted octanol–water partition coefficient (Wildman–Crippen LogP) is 0.546. The first-order valence-corrected chi connectivity index (χ1v) is 10.5. The summed E-state index contributed by atoms with van der Waals surface area (Å²) in [5.41, 5.74) is 0.377. The molecule has 0 aliphatic carbocycles. The van der Waals surface area contributed by atoms with Crippen molar-refractivity contribution >= 4 is 49.0 Å². The average molecular weight is 479 g/mol. The van der Waals surface area contributed by atoms with Crippen LogP contribution >= 0.6 is 25.3 Å².